The molecular formula is C25H30N6O2. The van der Waals surface area contributed by atoms with Gasteiger partial charge in [-0.25, -0.2) is 0 Å². The van der Waals surface area contributed by atoms with Crippen LogP contribution in [0.3, 0.4) is 0 Å². The molecular weight excluding hydrogens is 416 g/mol. The maximum absolute atomic E-state index is 13.7. The van der Waals surface area contributed by atoms with E-state index in [1.165, 1.54) is 4.90 Å². The first-order chi connectivity index (χ1) is 15.9. The van der Waals surface area contributed by atoms with Crippen molar-refractivity contribution in [2.75, 3.05) is 11.4 Å². The average Bonchev–Trinajstić information content (AvgIpc) is 2.81. The number of rotatable bonds is 10. The zero-order valence-electron chi connectivity index (χ0n) is 18.4. The summed E-state index contributed by atoms with van der Waals surface area (Å²) in [7, 11) is 0. The topological polar surface area (TPSA) is 151 Å². The smallest absolute Gasteiger partial charge is 0.245 e. The zero-order chi connectivity index (χ0) is 23.8. The quantitative estimate of drug-likeness (QED) is 0.183. The molecule has 8 N–H and O–H groups in total. The van der Waals surface area contributed by atoms with Crippen LogP contribution in [0.5, 0.6) is 0 Å². The van der Waals surface area contributed by atoms with E-state index in [0.29, 0.717) is 31.5 Å². The lowest BCUT2D eigenvalue weighted by Gasteiger charge is -2.33. The van der Waals surface area contributed by atoms with Crippen molar-refractivity contribution in [2.24, 2.45) is 17.2 Å². The second-order valence-corrected chi connectivity index (χ2v) is 7.90. The standard InChI is InChI=1S/C25H30N6O2/c26-20(16-17-8-2-1-3-9-17)24(33)31(22(23(27)32)14-7-15-30-25(28)29)21-13-6-11-18-10-4-5-12-19(18)21/h1-6,8-13,20,22H,7,14-16,26H2,(H2,27,32)(H4,28,29,30)/t20-,22-/m0/s1. The third kappa shape index (κ3) is 6.08. The van der Waals surface area contributed by atoms with E-state index in [2.05, 4.69) is 5.32 Å². The number of guanidine groups is 1. The van der Waals surface area contributed by atoms with E-state index in [4.69, 9.17) is 22.6 Å². The van der Waals surface area contributed by atoms with Gasteiger partial charge >= 0.3 is 0 Å². The van der Waals surface area contributed by atoms with Crippen LogP contribution < -0.4 is 27.4 Å². The molecule has 2 atom stereocenters. The summed E-state index contributed by atoms with van der Waals surface area (Å²) in [6.07, 6.45) is 1.11. The largest absolute Gasteiger partial charge is 0.370 e. The van der Waals surface area contributed by atoms with Crippen LogP contribution >= 0.6 is 0 Å². The molecule has 0 heterocycles. The van der Waals surface area contributed by atoms with Crippen molar-refractivity contribution in [3.63, 3.8) is 0 Å². The second-order valence-electron chi connectivity index (χ2n) is 7.90. The number of anilines is 1. The first-order valence-corrected chi connectivity index (χ1v) is 10.9. The van der Waals surface area contributed by atoms with Gasteiger partial charge in [0, 0.05) is 11.9 Å². The van der Waals surface area contributed by atoms with Crippen LogP contribution in [-0.2, 0) is 16.0 Å². The van der Waals surface area contributed by atoms with Crippen LogP contribution in [-0.4, -0.2) is 36.4 Å². The van der Waals surface area contributed by atoms with Gasteiger partial charge in [-0.3, -0.25) is 19.9 Å². The van der Waals surface area contributed by atoms with E-state index >= 15 is 0 Å². The first-order valence-electron chi connectivity index (χ1n) is 10.9. The molecule has 0 radical (unpaired) electrons. The highest BCUT2D eigenvalue weighted by atomic mass is 16.2. The summed E-state index contributed by atoms with van der Waals surface area (Å²) in [4.78, 5) is 27.7. The van der Waals surface area contributed by atoms with Gasteiger partial charge in [0.05, 0.1) is 11.7 Å². The number of nitrogens with zero attached hydrogens (tertiary/aromatic N) is 1. The summed E-state index contributed by atoms with van der Waals surface area (Å²) in [6.45, 7) is 0.382. The Kier molecular flexibility index (Phi) is 7.99. The highest BCUT2D eigenvalue weighted by Gasteiger charge is 2.33. The van der Waals surface area contributed by atoms with Gasteiger partial charge in [0.15, 0.2) is 5.96 Å². The van der Waals surface area contributed by atoms with Gasteiger partial charge in [-0.2, -0.15) is 0 Å². The van der Waals surface area contributed by atoms with Gasteiger partial charge in [-0.1, -0.05) is 66.7 Å². The van der Waals surface area contributed by atoms with Crippen molar-refractivity contribution in [3.8, 4) is 0 Å². The van der Waals surface area contributed by atoms with E-state index in [-0.39, 0.29) is 11.9 Å². The monoisotopic (exact) mass is 446 g/mol. The predicted molar refractivity (Wildman–Crippen MR) is 132 cm³/mol. The van der Waals surface area contributed by atoms with Crippen LogP contribution in [0, 0.1) is 5.41 Å². The Morgan fingerprint density at radius 3 is 2.30 bits per heavy atom. The zero-order valence-corrected chi connectivity index (χ0v) is 18.4. The molecule has 0 saturated carbocycles. The van der Waals surface area contributed by atoms with Crippen molar-refractivity contribution in [1.82, 2.24) is 5.32 Å². The Morgan fingerprint density at radius 2 is 1.61 bits per heavy atom. The SMILES string of the molecule is N=C(N)NCCC[C@@H](C(N)=O)N(C(=O)[C@@H](N)Cc1ccccc1)c1cccc2ccccc12. The first kappa shape index (κ1) is 23.7. The highest BCUT2D eigenvalue weighted by Crippen LogP contribution is 2.30. The van der Waals surface area contributed by atoms with E-state index < -0.39 is 18.0 Å². The van der Waals surface area contributed by atoms with Crippen LogP contribution in [0.4, 0.5) is 5.69 Å². The summed E-state index contributed by atoms with van der Waals surface area (Å²) in [5.74, 6) is -1.15. The molecule has 172 valence electrons. The molecule has 3 aromatic rings. The van der Waals surface area contributed by atoms with E-state index in [9.17, 15) is 9.59 Å². The Labute approximate surface area is 193 Å². The Balaban J connectivity index is 1.98. The molecule has 0 aliphatic rings. The van der Waals surface area contributed by atoms with Crippen molar-refractivity contribution < 1.29 is 9.59 Å². The number of amides is 2. The molecule has 0 spiro atoms. The molecule has 0 unspecified atom stereocenters. The fraction of sp³-hybridized carbons (Fsp3) is 0.240. The number of nitrogens with two attached hydrogens (primary N) is 3. The lowest BCUT2D eigenvalue weighted by molar-refractivity contribution is -0.125. The molecule has 0 fully saturated rings. The minimum absolute atomic E-state index is 0.155. The van der Waals surface area contributed by atoms with Gasteiger partial charge in [0.25, 0.3) is 0 Å². The molecule has 0 aromatic heterocycles. The summed E-state index contributed by atoms with van der Waals surface area (Å²) in [6, 6.07) is 21.0. The summed E-state index contributed by atoms with van der Waals surface area (Å²) in [5.41, 5.74) is 19.0. The van der Waals surface area contributed by atoms with Gasteiger partial charge in [0.1, 0.15) is 6.04 Å². The number of benzene rings is 3. The molecule has 0 aliphatic heterocycles. The number of hydrogen-bond donors (Lipinski definition) is 5. The van der Waals surface area contributed by atoms with Crippen LogP contribution in [0.2, 0.25) is 0 Å². The number of carbonyl (C=O) groups is 2. The molecule has 0 aliphatic carbocycles. The van der Waals surface area contributed by atoms with Crippen molar-refractivity contribution in [1.29, 1.82) is 5.41 Å². The lowest BCUT2D eigenvalue weighted by Crippen LogP contribution is -2.54. The Bertz CT molecular complexity index is 1110. The molecule has 3 rings (SSSR count). The Hall–Kier alpha value is -3.91. The third-order valence-corrected chi connectivity index (χ3v) is 5.49. The number of nitrogens with one attached hydrogen (secondary N) is 2. The minimum atomic E-state index is -0.904. The van der Waals surface area contributed by atoms with Crippen LogP contribution in [0.15, 0.2) is 72.8 Å². The molecule has 33 heavy (non-hydrogen) atoms. The fourth-order valence-electron chi connectivity index (χ4n) is 3.91. The maximum Gasteiger partial charge on any atom is 0.245 e. The fourth-order valence-corrected chi connectivity index (χ4v) is 3.91. The summed E-state index contributed by atoms with van der Waals surface area (Å²) in [5, 5.41) is 11.8. The van der Waals surface area contributed by atoms with Gasteiger partial charge in [0.2, 0.25) is 11.8 Å². The average molecular weight is 447 g/mol. The van der Waals surface area contributed by atoms with Crippen molar-refractivity contribution in [2.45, 2.75) is 31.3 Å². The van der Waals surface area contributed by atoms with Crippen molar-refractivity contribution in [3.05, 3.63) is 78.4 Å². The summed E-state index contributed by atoms with van der Waals surface area (Å²) < 4.78 is 0. The number of primary amides is 1. The molecule has 2 amide bonds. The summed E-state index contributed by atoms with van der Waals surface area (Å²) >= 11 is 0. The van der Waals surface area contributed by atoms with E-state index in [1.807, 2.05) is 66.7 Å². The third-order valence-electron chi connectivity index (χ3n) is 5.49. The van der Waals surface area contributed by atoms with Gasteiger partial charge in [-0.05, 0) is 36.3 Å². The maximum atomic E-state index is 13.7. The molecule has 0 bridgehead atoms. The molecule has 8 heteroatoms. The molecule has 0 saturated heterocycles. The van der Waals surface area contributed by atoms with Crippen LogP contribution in [0.25, 0.3) is 10.8 Å². The van der Waals surface area contributed by atoms with E-state index in [0.717, 1.165) is 16.3 Å². The molecule has 3 aromatic carbocycles. The van der Waals surface area contributed by atoms with Crippen LogP contribution in [0.1, 0.15) is 18.4 Å². The van der Waals surface area contributed by atoms with Gasteiger partial charge in [-0.15, -0.1) is 0 Å². The minimum Gasteiger partial charge on any atom is -0.370 e. The van der Waals surface area contributed by atoms with Gasteiger partial charge < -0.3 is 22.5 Å². The highest BCUT2D eigenvalue weighted by molar-refractivity contribution is 6.09. The lowest BCUT2D eigenvalue weighted by atomic mass is 10.00. The second kappa shape index (κ2) is 11.1. The van der Waals surface area contributed by atoms with Crippen molar-refractivity contribution >= 4 is 34.2 Å². The Morgan fingerprint density at radius 1 is 0.939 bits per heavy atom. The number of fused-ring (bicyclic) bond motifs is 1. The normalized spacial score (nSPS) is 12.6. The number of hydrogen-bond acceptors (Lipinski definition) is 4. The predicted octanol–water partition coefficient (Wildman–Crippen LogP) is 1.86. The van der Waals surface area contributed by atoms with E-state index in [1.54, 1.807) is 6.07 Å². The number of carbonyl (C=O) groups excluding carboxylic acids is 2. The molecule has 8 nitrogen and oxygen atoms in total.